The number of carbonyl (C=O) groups is 2. The van der Waals surface area contributed by atoms with Crippen molar-refractivity contribution in [1.29, 1.82) is 0 Å². The first-order valence-electron chi connectivity index (χ1n) is 9.89. The summed E-state index contributed by atoms with van der Waals surface area (Å²) in [7, 11) is 0. The van der Waals surface area contributed by atoms with E-state index in [4.69, 9.17) is 4.74 Å². The van der Waals surface area contributed by atoms with Crippen molar-refractivity contribution in [2.24, 2.45) is 0 Å². The van der Waals surface area contributed by atoms with Crippen LogP contribution in [0.5, 0.6) is 0 Å². The van der Waals surface area contributed by atoms with E-state index in [9.17, 15) is 9.59 Å². The number of ether oxygens (including phenoxy) is 1. The van der Waals surface area contributed by atoms with E-state index in [0.29, 0.717) is 25.1 Å². The first-order chi connectivity index (χ1) is 14.8. The summed E-state index contributed by atoms with van der Waals surface area (Å²) in [4.78, 5) is 22.9. The number of hydrogen-bond acceptors (Lipinski definition) is 3. The molecule has 30 heavy (non-hydrogen) atoms. The Morgan fingerprint density at radius 1 is 0.967 bits per heavy atom. The van der Waals surface area contributed by atoms with Crippen molar-refractivity contribution >= 4 is 12.4 Å². The number of carbonyl (C=O) groups excluding carboxylic acids is 2. The van der Waals surface area contributed by atoms with Gasteiger partial charge in [-0.15, -0.1) is 0 Å². The number of amides is 1. The average Bonchev–Trinajstić information content (AvgIpc) is 3.11. The highest BCUT2D eigenvalue weighted by Gasteiger charge is 2.28. The van der Waals surface area contributed by atoms with Crippen molar-refractivity contribution in [3.8, 4) is 23.0 Å². The van der Waals surface area contributed by atoms with Gasteiger partial charge in [-0.05, 0) is 34.4 Å². The molecule has 4 rings (SSSR count). The molecule has 148 valence electrons. The summed E-state index contributed by atoms with van der Waals surface area (Å²) < 4.78 is 5.50. The fourth-order valence-corrected chi connectivity index (χ4v) is 3.73. The summed E-state index contributed by atoms with van der Waals surface area (Å²) >= 11 is 0. The lowest BCUT2D eigenvalue weighted by molar-refractivity contribution is 0.112. The molecule has 0 saturated carbocycles. The third-order valence-electron chi connectivity index (χ3n) is 5.12. The van der Waals surface area contributed by atoms with E-state index in [1.54, 1.807) is 18.2 Å². The number of aldehydes is 1. The van der Waals surface area contributed by atoms with Crippen molar-refractivity contribution in [1.82, 2.24) is 5.32 Å². The second-order valence-electron chi connectivity index (χ2n) is 7.05. The van der Waals surface area contributed by atoms with Gasteiger partial charge >= 0.3 is 6.09 Å². The molecule has 4 nitrogen and oxygen atoms in total. The number of hydrogen-bond donors (Lipinski definition) is 1. The Morgan fingerprint density at radius 2 is 1.67 bits per heavy atom. The predicted octanol–water partition coefficient (Wildman–Crippen LogP) is 4.78. The molecule has 3 aromatic carbocycles. The summed E-state index contributed by atoms with van der Waals surface area (Å²) in [6.45, 7) is 0.696. The molecular weight excluding hydrogens is 374 g/mol. The van der Waals surface area contributed by atoms with Crippen LogP contribution >= 0.6 is 0 Å². The van der Waals surface area contributed by atoms with Gasteiger partial charge in [0.2, 0.25) is 0 Å². The third-order valence-corrected chi connectivity index (χ3v) is 5.12. The normalized spacial score (nSPS) is 11.6. The maximum atomic E-state index is 12.1. The minimum atomic E-state index is -0.443. The molecule has 0 aliphatic heterocycles. The minimum Gasteiger partial charge on any atom is -0.449 e. The number of fused-ring (bicyclic) bond motifs is 3. The Hall–Kier alpha value is -3.84. The lowest BCUT2D eigenvalue weighted by Gasteiger charge is -2.14. The van der Waals surface area contributed by atoms with Gasteiger partial charge in [0.1, 0.15) is 12.9 Å². The van der Waals surface area contributed by atoms with E-state index >= 15 is 0 Å². The van der Waals surface area contributed by atoms with E-state index in [1.807, 2.05) is 30.3 Å². The zero-order chi connectivity index (χ0) is 20.8. The van der Waals surface area contributed by atoms with Crippen LogP contribution in [0.15, 0.2) is 72.8 Å². The molecule has 0 bridgehead atoms. The second-order valence-corrected chi connectivity index (χ2v) is 7.05. The smallest absolute Gasteiger partial charge is 0.407 e. The standard InChI is InChI=1S/C26H21NO3/c28-17-20-10-7-9-19(16-20)8-5-6-15-27-26(29)30-18-25-23-13-3-1-11-21(23)22-12-2-4-14-24(22)25/h1-4,7,9-14,16-17,25H,6,15,18H2,(H,27,29). The van der Waals surface area contributed by atoms with Crippen LogP contribution in [-0.4, -0.2) is 25.5 Å². The summed E-state index contributed by atoms with van der Waals surface area (Å²) in [6, 6.07) is 23.6. The molecule has 0 unspecified atom stereocenters. The van der Waals surface area contributed by atoms with Gasteiger partial charge in [0.15, 0.2) is 0 Å². The molecule has 4 heteroatoms. The Bertz CT molecular complexity index is 1090. The van der Waals surface area contributed by atoms with Crippen LogP contribution in [0.1, 0.15) is 39.4 Å². The van der Waals surface area contributed by atoms with E-state index in [1.165, 1.54) is 22.3 Å². The molecular formula is C26H21NO3. The van der Waals surface area contributed by atoms with Gasteiger partial charge in [0.25, 0.3) is 0 Å². The molecule has 0 fully saturated rings. The number of rotatable bonds is 5. The Balaban J connectivity index is 1.29. The van der Waals surface area contributed by atoms with E-state index < -0.39 is 6.09 Å². The third kappa shape index (κ3) is 4.26. The first kappa shape index (κ1) is 19.5. The van der Waals surface area contributed by atoms with Crippen LogP contribution in [-0.2, 0) is 4.74 Å². The fourth-order valence-electron chi connectivity index (χ4n) is 3.73. The van der Waals surface area contributed by atoms with Gasteiger partial charge in [-0.25, -0.2) is 4.79 Å². The molecule has 3 aromatic rings. The van der Waals surface area contributed by atoms with Crippen LogP contribution in [0.2, 0.25) is 0 Å². The Labute approximate surface area is 175 Å². The van der Waals surface area contributed by atoms with Gasteiger partial charge < -0.3 is 10.1 Å². The predicted molar refractivity (Wildman–Crippen MR) is 116 cm³/mol. The van der Waals surface area contributed by atoms with Crippen molar-refractivity contribution in [2.45, 2.75) is 12.3 Å². The van der Waals surface area contributed by atoms with Gasteiger partial charge in [-0.3, -0.25) is 4.79 Å². The Kier molecular flexibility index (Phi) is 5.91. The zero-order valence-electron chi connectivity index (χ0n) is 16.4. The molecule has 0 saturated heterocycles. The summed E-state index contributed by atoms with van der Waals surface area (Å²) in [5.41, 5.74) is 6.16. The molecule has 0 spiro atoms. The molecule has 1 aliphatic rings. The SMILES string of the molecule is O=Cc1cccc(C#CCCNC(=O)OCC2c3ccccc3-c3ccccc32)c1. The minimum absolute atomic E-state index is 0.0491. The highest BCUT2D eigenvalue weighted by molar-refractivity contribution is 5.79. The molecule has 1 aliphatic carbocycles. The van der Waals surface area contributed by atoms with Crippen molar-refractivity contribution in [2.75, 3.05) is 13.2 Å². The van der Waals surface area contributed by atoms with Crippen molar-refractivity contribution < 1.29 is 14.3 Å². The maximum absolute atomic E-state index is 12.1. The largest absolute Gasteiger partial charge is 0.449 e. The average molecular weight is 395 g/mol. The number of nitrogens with one attached hydrogen (secondary N) is 1. The van der Waals surface area contributed by atoms with E-state index in [-0.39, 0.29) is 5.92 Å². The van der Waals surface area contributed by atoms with Crippen molar-refractivity contribution in [3.63, 3.8) is 0 Å². The molecule has 0 aromatic heterocycles. The Morgan fingerprint density at radius 3 is 2.37 bits per heavy atom. The van der Waals surface area contributed by atoms with Crippen LogP contribution in [0, 0.1) is 11.8 Å². The lowest BCUT2D eigenvalue weighted by Crippen LogP contribution is -2.26. The first-order valence-corrected chi connectivity index (χ1v) is 9.89. The van der Waals surface area contributed by atoms with Crippen LogP contribution in [0.4, 0.5) is 4.79 Å². The summed E-state index contributed by atoms with van der Waals surface area (Å²) in [5, 5.41) is 2.74. The quantitative estimate of drug-likeness (QED) is 0.384. The van der Waals surface area contributed by atoms with E-state index in [2.05, 4.69) is 41.4 Å². The second kappa shape index (κ2) is 9.11. The number of benzene rings is 3. The maximum Gasteiger partial charge on any atom is 0.407 e. The van der Waals surface area contributed by atoms with Gasteiger partial charge in [-0.2, -0.15) is 0 Å². The highest BCUT2D eigenvalue weighted by Crippen LogP contribution is 2.44. The van der Waals surface area contributed by atoms with Gasteiger partial charge in [0, 0.05) is 30.0 Å². The zero-order valence-corrected chi connectivity index (χ0v) is 16.4. The van der Waals surface area contributed by atoms with Crippen LogP contribution < -0.4 is 5.32 Å². The lowest BCUT2D eigenvalue weighted by atomic mass is 9.98. The molecule has 0 heterocycles. The van der Waals surface area contributed by atoms with Gasteiger partial charge in [0.05, 0.1) is 0 Å². The molecule has 1 N–H and O–H groups in total. The summed E-state index contributed by atoms with van der Waals surface area (Å²) in [5.74, 6) is 6.04. The number of alkyl carbamates (subject to hydrolysis) is 1. The monoisotopic (exact) mass is 395 g/mol. The highest BCUT2D eigenvalue weighted by atomic mass is 16.5. The van der Waals surface area contributed by atoms with E-state index in [0.717, 1.165) is 11.8 Å². The molecule has 0 atom stereocenters. The van der Waals surface area contributed by atoms with Gasteiger partial charge in [-0.1, -0.05) is 72.5 Å². The van der Waals surface area contributed by atoms with Crippen molar-refractivity contribution in [3.05, 3.63) is 95.1 Å². The molecule has 0 radical (unpaired) electrons. The topological polar surface area (TPSA) is 55.4 Å². The van der Waals surface area contributed by atoms with Crippen LogP contribution in [0.3, 0.4) is 0 Å². The van der Waals surface area contributed by atoms with Crippen LogP contribution in [0.25, 0.3) is 11.1 Å². The summed E-state index contributed by atoms with van der Waals surface area (Å²) in [6.07, 6.45) is 0.848. The molecule has 1 amide bonds. The fraction of sp³-hybridized carbons (Fsp3) is 0.154.